The van der Waals surface area contributed by atoms with Crippen molar-refractivity contribution in [2.75, 3.05) is 20.3 Å². The number of amides is 1. The zero-order valence-electron chi connectivity index (χ0n) is 16.4. The molecule has 8 heteroatoms. The standard InChI is InChI=1S/C19H28N2O3S2Si/c1-19(15-20,26-18(25)16-9-6-5-7-10-16)12-11-17(22)21-13-8-14-24-27(3,4)23-2/h5-7,9-10H,8,11-14H2,1-4H3,(H,21,22). The molecule has 0 spiro atoms. The molecule has 0 bridgehead atoms. The first-order chi connectivity index (χ1) is 12.7. The molecular formula is C19H28N2O3S2Si. The first kappa shape index (κ1) is 23.8. The van der Waals surface area contributed by atoms with E-state index in [-0.39, 0.29) is 12.3 Å². The predicted octanol–water partition coefficient (Wildman–Crippen LogP) is 4.03. The molecule has 1 rings (SSSR count). The lowest BCUT2D eigenvalue weighted by Crippen LogP contribution is -2.34. The van der Waals surface area contributed by atoms with Crippen molar-refractivity contribution in [1.82, 2.24) is 5.32 Å². The maximum Gasteiger partial charge on any atom is 0.331 e. The number of thioether (sulfide) groups is 1. The zero-order chi connectivity index (χ0) is 20.3. The highest BCUT2D eigenvalue weighted by Gasteiger charge is 2.28. The lowest BCUT2D eigenvalue weighted by molar-refractivity contribution is -0.121. The van der Waals surface area contributed by atoms with E-state index in [4.69, 9.17) is 21.1 Å². The highest BCUT2D eigenvalue weighted by atomic mass is 32.2. The van der Waals surface area contributed by atoms with Gasteiger partial charge in [0.1, 0.15) is 4.75 Å². The van der Waals surface area contributed by atoms with E-state index >= 15 is 0 Å². The summed E-state index contributed by atoms with van der Waals surface area (Å²) in [7, 11) is -0.352. The largest absolute Gasteiger partial charge is 0.398 e. The van der Waals surface area contributed by atoms with Gasteiger partial charge in [0.05, 0.1) is 10.3 Å². The molecule has 0 saturated carbocycles. The molecular weight excluding hydrogens is 396 g/mol. The molecule has 5 nitrogen and oxygen atoms in total. The third-order valence-corrected chi connectivity index (χ3v) is 7.51. The van der Waals surface area contributed by atoms with Crippen molar-refractivity contribution in [3.63, 3.8) is 0 Å². The number of thiocarbonyl (C=S) groups is 1. The molecule has 27 heavy (non-hydrogen) atoms. The third kappa shape index (κ3) is 9.49. The minimum Gasteiger partial charge on any atom is -0.398 e. The Labute approximate surface area is 173 Å². The van der Waals surface area contributed by atoms with Gasteiger partial charge in [-0.15, -0.1) is 0 Å². The van der Waals surface area contributed by atoms with E-state index < -0.39 is 13.3 Å². The minimum absolute atomic E-state index is 0.0639. The van der Waals surface area contributed by atoms with Crippen LogP contribution in [0.3, 0.4) is 0 Å². The summed E-state index contributed by atoms with van der Waals surface area (Å²) in [6, 6.07) is 11.9. The van der Waals surface area contributed by atoms with E-state index in [1.165, 1.54) is 11.8 Å². The van der Waals surface area contributed by atoms with Gasteiger partial charge in [-0.25, -0.2) is 0 Å². The summed E-state index contributed by atoms with van der Waals surface area (Å²) >= 11 is 6.78. The van der Waals surface area contributed by atoms with Gasteiger partial charge in [0.25, 0.3) is 0 Å². The molecule has 0 saturated heterocycles. The van der Waals surface area contributed by atoms with Crippen molar-refractivity contribution in [2.45, 2.75) is 44.0 Å². The average molecular weight is 425 g/mol. The van der Waals surface area contributed by atoms with Crippen LogP contribution in [0.25, 0.3) is 0 Å². The molecule has 0 radical (unpaired) electrons. The maximum atomic E-state index is 12.1. The Bertz CT molecular complexity index is 665. The van der Waals surface area contributed by atoms with Gasteiger partial charge in [-0.1, -0.05) is 54.3 Å². The fraction of sp³-hybridized carbons (Fsp3) is 0.526. The number of nitrogens with one attached hydrogen (secondary N) is 1. The van der Waals surface area contributed by atoms with Crippen LogP contribution in [-0.2, 0) is 13.6 Å². The van der Waals surface area contributed by atoms with E-state index in [1.54, 1.807) is 7.11 Å². The summed E-state index contributed by atoms with van der Waals surface area (Å²) in [5.41, 5.74) is 0.922. The summed E-state index contributed by atoms with van der Waals surface area (Å²) in [4.78, 5) is 12.1. The van der Waals surface area contributed by atoms with Crippen molar-refractivity contribution in [3.8, 4) is 6.07 Å². The van der Waals surface area contributed by atoms with Crippen molar-refractivity contribution in [2.24, 2.45) is 0 Å². The molecule has 1 N–H and O–H groups in total. The van der Waals surface area contributed by atoms with E-state index in [0.29, 0.717) is 23.8 Å². The van der Waals surface area contributed by atoms with Crippen molar-refractivity contribution in [1.29, 1.82) is 5.26 Å². The number of nitrogens with zero attached hydrogens (tertiary/aromatic N) is 1. The Hall–Kier alpha value is -1.24. The zero-order valence-corrected chi connectivity index (χ0v) is 19.0. The van der Waals surface area contributed by atoms with Crippen molar-refractivity contribution >= 4 is 42.6 Å². The molecule has 0 aliphatic heterocycles. The molecule has 1 aromatic rings. The highest BCUT2D eigenvalue weighted by molar-refractivity contribution is 8.24. The number of rotatable bonds is 11. The normalized spacial score (nSPS) is 13.4. The van der Waals surface area contributed by atoms with Crippen molar-refractivity contribution < 1.29 is 13.6 Å². The molecule has 0 fully saturated rings. The van der Waals surface area contributed by atoms with Crippen LogP contribution in [0, 0.1) is 11.3 Å². The number of hydrogen-bond acceptors (Lipinski definition) is 6. The molecule has 1 aromatic carbocycles. The smallest absolute Gasteiger partial charge is 0.331 e. The van der Waals surface area contributed by atoms with Crippen LogP contribution in [0.2, 0.25) is 13.1 Å². The van der Waals surface area contributed by atoms with Gasteiger partial charge in [-0.05, 0) is 38.4 Å². The molecule has 0 aliphatic carbocycles. The van der Waals surface area contributed by atoms with Gasteiger partial charge in [0.2, 0.25) is 5.91 Å². The highest BCUT2D eigenvalue weighted by Crippen LogP contribution is 2.32. The molecule has 0 aromatic heterocycles. The van der Waals surface area contributed by atoms with E-state index in [9.17, 15) is 10.1 Å². The third-order valence-electron chi connectivity index (χ3n) is 3.98. The number of nitriles is 1. The minimum atomic E-state index is -2.01. The van der Waals surface area contributed by atoms with Gasteiger partial charge < -0.3 is 14.2 Å². The Morgan fingerprint density at radius 2 is 2.04 bits per heavy atom. The van der Waals surface area contributed by atoms with Gasteiger partial charge in [0.15, 0.2) is 0 Å². The summed E-state index contributed by atoms with van der Waals surface area (Å²) in [6.45, 7) is 6.89. The summed E-state index contributed by atoms with van der Waals surface area (Å²) in [5.74, 6) is -0.0639. The van der Waals surface area contributed by atoms with Gasteiger partial charge in [0, 0.05) is 26.7 Å². The number of hydrogen-bond donors (Lipinski definition) is 1. The number of carbonyl (C=O) groups is 1. The first-order valence-corrected chi connectivity index (χ1v) is 12.9. The molecule has 1 unspecified atom stereocenters. The number of benzene rings is 1. The SMILES string of the molecule is CO[Si](C)(C)OCCCNC(=O)CCC(C)(C#N)SC(=S)c1ccccc1. The molecule has 1 atom stereocenters. The molecule has 148 valence electrons. The van der Waals surface area contributed by atoms with Crippen LogP contribution in [0.4, 0.5) is 0 Å². The Morgan fingerprint density at radius 1 is 1.37 bits per heavy atom. The summed E-state index contributed by atoms with van der Waals surface area (Å²) < 4.78 is 10.9. The monoisotopic (exact) mass is 424 g/mol. The second kappa shape index (κ2) is 11.6. The molecule has 0 aliphatic rings. The van der Waals surface area contributed by atoms with E-state index in [0.717, 1.165) is 12.0 Å². The van der Waals surface area contributed by atoms with Crippen LogP contribution in [0.15, 0.2) is 30.3 Å². The quantitative estimate of drug-likeness (QED) is 0.328. The van der Waals surface area contributed by atoms with Gasteiger partial charge in [-0.3, -0.25) is 4.79 Å². The predicted molar refractivity (Wildman–Crippen MR) is 117 cm³/mol. The van der Waals surface area contributed by atoms with E-state index in [2.05, 4.69) is 11.4 Å². The Kier molecular flexibility index (Phi) is 10.2. The summed E-state index contributed by atoms with van der Waals surface area (Å²) in [6.07, 6.45) is 1.45. The van der Waals surface area contributed by atoms with Crippen LogP contribution in [0.5, 0.6) is 0 Å². The van der Waals surface area contributed by atoms with Crippen molar-refractivity contribution in [3.05, 3.63) is 35.9 Å². The maximum absolute atomic E-state index is 12.1. The fourth-order valence-corrected chi connectivity index (χ4v) is 4.44. The molecule has 0 heterocycles. The van der Waals surface area contributed by atoms with Crippen LogP contribution in [0.1, 0.15) is 31.7 Å². The number of carbonyl (C=O) groups excluding carboxylic acids is 1. The fourth-order valence-electron chi connectivity index (χ4n) is 2.08. The molecule has 1 amide bonds. The van der Waals surface area contributed by atoms with E-state index in [1.807, 2.05) is 50.3 Å². The average Bonchev–Trinajstić information content (AvgIpc) is 2.66. The first-order valence-electron chi connectivity index (χ1n) is 8.87. The summed E-state index contributed by atoms with van der Waals surface area (Å²) in [5, 5.41) is 12.4. The van der Waals surface area contributed by atoms with Crippen LogP contribution < -0.4 is 5.32 Å². The second-order valence-electron chi connectivity index (χ2n) is 6.75. The topological polar surface area (TPSA) is 71.3 Å². The lowest BCUT2D eigenvalue weighted by Gasteiger charge is -2.21. The Morgan fingerprint density at radius 3 is 2.63 bits per heavy atom. The van der Waals surface area contributed by atoms with Crippen LogP contribution in [-0.4, -0.2) is 43.7 Å². The Balaban J connectivity index is 2.35. The van der Waals surface area contributed by atoms with Gasteiger partial charge in [-0.2, -0.15) is 5.26 Å². The lowest BCUT2D eigenvalue weighted by atomic mass is 10.1. The van der Waals surface area contributed by atoms with Gasteiger partial charge >= 0.3 is 8.56 Å². The van der Waals surface area contributed by atoms with Crippen LogP contribution >= 0.6 is 24.0 Å². The second-order valence-corrected chi connectivity index (χ2v) is 12.4.